The van der Waals surface area contributed by atoms with Gasteiger partial charge >= 0.3 is 0 Å². The molecule has 10 nitrogen and oxygen atoms in total. The fourth-order valence-electron chi connectivity index (χ4n) is 4.28. The maximum Gasteiger partial charge on any atom is 0.255 e. The molecule has 0 aromatic heterocycles. The van der Waals surface area contributed by atoms with Crippen LogP contribution in [0.4, 0.5) is 0 Å². The first kappa shape index (κ1) is 30.5. The van der Waals surface area contributed by atoms with Gasteiger partial charge in [-0.1, -0.05) is 38.1 Å². The van der Waals surface area contributed by atoms with Gasteiger partial charge in [0.1, 0.15) is 24.1 Å². The second-order valence-electron chi connectivity index (χ2n) is 10.1. The highest BCUT2D eigenvalue weighted by Crippen LogP contribution is 2.20. The predicted octanol–water partition coefficient (Wildman–Crippen LogP) is 2.36. The molecule has 0 unspecified atom stereocenters. The molecule has 1 heterocycles. The largest absolute Gasteiger partial charge is 0.497 e. The van der Waals surface area contributed by atoms with Crippen molar-refractivity contribution in [1.29, 1.82) is 0 Å². The van der Waals surface area contributed by atoms with E-state index in [1.165, 1.54) is 0 Å². The van der Waals surface area contributed by atoms with Gasteiger partial charge in [-0.2, -0.15) is 0 Å². The van der Waals surface area contributed by atoms with Crippen LogP contribution in [0.2, 0.25) is 0 Å². The van der Waals surface area contributed by atoms with Gasteiger partial charge in [0, 0.05) is 25.9 Å². The van der Waals surface area contributed by atoms with E-state index in [9.17, 15) is 19.2 Å². The maximum atomic E-state index is 13.3. The number of fused-ring (bicyclic) bond motifs is 1. The van der Waals surface area contributed by atoms with E-state index in [0.29, 0.717) is 18.7 Å². The number of ether oxygens (including phenoxy) is 2. The molecule has 4 amide bonds. The standard InChI is InChI=1S/C30H40N4O6/c1-20(2)25-19-40-26-12-5-4-11-23(26)29(37)34-24(13-14-27(35)31-17-15-28(36)33-25)30(38)32-16-7-9-21-8-6-10-22(18-21)39-3/h4-6,8,10-12,18,20,24-25H,7,9,13-17,19H2,1-3H3,(H,31,35)(H,32,38)(H,33,36)(H,34,37)/t24-,25-/m0/s1. The molecule has 10 heteroatoms. The van der Waals surface area contributed by atoms with Crippen molar-refractivity contribution in [3.8, 4) is 11.5 Å². The Bertz CT molecular complexity index is 1170. The Morgan fingerprint density at radius 2 is 1.85 bits per heavy atom. The van der Waals surface area contributed by atoms with Crippen molar-refractivity contribution < 1.29 is 28.7 Å². The Morgan fingerprint density at radius 1 is 1.05 bits per heavy atom. The molecule has 2 atom stereocenters. The third-order valence-corrected chi connectivity index (χ3v) is 6.73. The van der Waals surface area contributed by atoms with Gasteiger partial charge in [0.15, 0.2) is 0 Å². The molecule has 0 radical (unpaired) electrons. The Hall–Kier alpha value is -4.08. The predicted molar refractivity (Wildman–Crippen MR) is 151 cm³/mol. The van der Waals surface area contributed by atoms with Crippen LogP contribution in [0.3, 0.4) is 0 Å². The van der Waals surface area contributed by atoms with Crippen molar-refractivity contribution in [3.63, 3.8) is 0 Å². The van der Waals surface area contributed by atoms with Crippen molar-refractivity contribution in [3.05, 3.63) is 59.7 Å². The summed E-state index contributed by atoms with van der Waals surface area (Å²) in [6.07, 6.45) is 1.67. The number of amides is 4. The van der Waals surface area contributed by atoms with Gasteiger partial charge in [0.2, 0.25) is 17.7 Å². The number of benzene rings is 2. The van der Waals surface area contributed by atoms with Crippen LogP contribution in [0.5, 0.6) is 11.5 Å². The molecule has 2 aromatic rings. The topological polar surface area (TPSA) is 135 Å². The number of carbonyl (C=O) groups excluding carboxylic acids is 4. The Morgan fingerprint density at radius 3 is 2.62 bits per heavy atom. The van der Waals surface area contributed by atoms with Crippen molar-refractivity contribution in [2.75, 3.05) is 26.8 Å². The summed E-state index contributed by atoms with van der Waals surface area (Å²) in [6, 6.07) is 13.3. The average molecular weight is 553 g/mol. The van der Waals surface area contributed by atoms with E-state index < -0.39 is 11.9 Å². The molecule has 0 saturated carbocycles. The monoisotopic (exact) mass is 552 g/mol. The fraction of sp³-hybridized carbons (Fsp3) is 0.467. The van der Waals surface area contributed by atoms with Crippen molar-refractivity contribution in [2.24, 2.45) is 5.92 Å². The van der Waals surface area contributed by atoms with E-state index in [4.69, 9.17) is 9.47 Å². The number of hydrogen-bond acceptors (Lipinski definition) is 6. The molecule has 40 heavy (non-hydrogen) atoms. The van der Waals surface area contributed by atoms with Crippen LogP contribution < -0.4 is 30.7 Å². The van der Waals surface area contributed by atoms with Crippen LogP contribution in [0.25, 0.3) is 0 Å². The first-order valence-corrected chi connectivity index (χ1v) is 13.8. The molecule has 0 spiro atoms. The minimum atomic E-state index is -0.928. The summed E-state index contributed by atoms with van der Waals surface area (Å²) in [5.74, 6) is -0.146. The number of carbonyl (C=O) groups is 4. The highest BCUT2D eigenvalue weighted by atomic mass is 16.5. The van der Waals surface area contributed by atoms with E-state index in [-0.39, 0.29) is 67.7 Å². The zero-order valence-electron chi connectivity index (χ0n) is 23.5. The Labute approximate surface area is 235 Å². The van der Waals surface area contributed by atoms with Crippen LogP contribution in [0, 0.1) is 5.92 Å². The SMILES string of the molecule is COc1cccc(CCCNC(=O)[C@@H]2CCC(=O)NCCC(=O)N[C@H](C(C)C)COc3ccccc3C(=O)N2)c1. The lowest BCUT2D eigenvalue weighted by Crippen LogP contribution is -2.48. The van der Waals surface area contributed by atoms with E-state index >= 15 is 0 Å². The summed E-state index contributed by atoms with van der Waals surface area (Å²) in [4.78, 5) is 51.3. The second kappa shape index (κ2) is 15.5. The average Bonchev–Trinajstić information content (AvgIpc) is 2.94. The summed E-state index contributed by atoms with van der Waals surface area (Å²) in [6.45, 7) is 4.67. The van der Waals surface area contributed by atoms with Crippen LogP contribution in [-0.4, -0.2) is 62.5 Å². The second-order valence-corrected chi connectivity index (χ2v) is 10.1. The minimum absolute atomic E-state index is 0.0105. The van der Waals surface area contributed by atoms with Gasteiger partial charge < -0.3 is 30.7 Å². The van der Waals surface area contributed by atoms with E-state index in [2.05, 4.69) is 21.3 Å². The van der Waals surface area contributed by atoms with Crippen molar-refractivity contribution >= 4 is 23.6 Å². The smallest absolute Gasteiger partial charge is 0.255 e. The number of para-hydroxylation sites is 1. The summed E-state index contributed by atoms with van der Waals surface area (Å²) < 4.78 is 11.2. The first-order valence-electron chi connectivity index (χ1n) is 13.8. The Balaban J connectivity index is 1.70. The molecule has 1 aliphatic rings. The molecule has 0 saturated heterocycles. The van der Waals surface area contributed by atoms with Crippen LogP contribution >= 0.6 is 0 Å². The fourth-order valence-corrected chi connectivity index (χ4v) is 4.28. The molecular formula is C30H40N4O6. The maximum absolute atomic E-state index is 13.3. The number of methoxy groups -OCH3 is 1. The summed E-state index contributed by atoms with van der Waals surface area (Å²) in [7, 11) is 1.62. The molecule has 4 N–H and O–H groups in total. The van der Waals surface area contributed by atoms with Crippen molar-refractivity contribution in [1.82, 2.24) is 21.3 Å². The number of aryl methyl sites for hydroxylation is 1. The van der Waals surface area contributed by atoms with Gasteiger partial charge in [0.25, 0.3) is 5.91 Å². The molecule has 1 aliphatic heterocycles. The highest BCUT2D eigenvalue weighted by molar-refractivity contribution is 5.99. The third-order valence-electron chi connectivity index (χ3n) is 6.73. The van der Waals surface area contributed by atoms with Crippen LogP contribution in [-0.2, 0) is 20.8 Å². The van der Waals surface area contributed by atoms with E-state index in [1.807, 2.05) is 38.1 Å². The summed E-state index contributed by atoms with van der Waals surface area (Å²) in [5.41, 5.74) is 1.36. The van der Waals surface area contributed by atoms with Crippen LogP contribution in [0.15, 0.2) is 48.5 Å². The lowest BCUT2D eigenvalue weighted by Gasteiger charge is -2.24. The van der Waals surface area contributed by atoms with Gasteiger partial charge in [0.05, 0.1) is 18.7 Å². The molecular weight excluding hydrogens is 512 g/mol. The lowest BCUT2D eigenvalue weighted by atomic mass is 10.0. The third kappa shape index (κ3) is 9.59. The van der Waals surface area contributed by atoms with Crippen molar-refractivity contribution in [2.45, 2.75) is 58.0 Å². The number of hydrogen-bond donors (Lipinski definition) is 4. The zero-order chi connectivity index (χ0) is 28.9. The number of nitrogens with one attached hydrogen (secondary N) is 4. The van der Waals surface area contributed by atoms with Gasteiger partial charge in [-0.3, -0.25) is 19.2 Å². The minimum Gasteiger partial charge on any atom is -0.497 e. The highest BCUT2D eigenvalue weighted by Gasteiger charge is 2.25. The summed E-state index contributed by atoms with van der Waals surface area (Å²) >= 11 is 0. The van der Waals surface area contributed by atoms with Gasteiger partial charge in [-0.15, -0.1) is 0 Å². The quantitative estimate of drug-likeness (QED) is 0.390. The van der Waals surface area contributed by atoms with E-state index in [0.717, 1.165) is 17.7 Å². The molecule has 3 rings (SSSR count). The van der Waals surface area contributed by atoms with Gasteiger partial charge in [-0.25, -0.2) is 0 Å². The molecule has 0 fully saturated rings. The molecule has 0 bridgehead atoms. The molecule has 216 valence electrons. The lowest BCUT2D eigenvalue weighted by molar-refractivity contribution is -0.124. The molecule has 0 aliphatic carbocycles. The van der Waals surface area contributed by atoms with Gasteiger partial charge in [-0.05, 0) is 55.0 Å². The summed E-state index contributed by atoms with van der Waals surface area (Å²) in [5, 5.41) is 11.3. The zero-order valence-corrected chi connectivity index (χ0v) is 23.5. The Kier molecular flexibility index (Phi) is 11.8. The first-order chi connectivity index (χ1) is 19.3. The van der Waals surface area contributed by atoms with E-state index in [1.54, 1.807) is 31.4 Å². The molecule has 2 aromatic carbocycles. The number of rotatable bonds is 7. The normalized spacial score (nSPS) is 18.9. The van der Waals surface area contributed by atoms with Crippen LogP contribution in [0.1, 0.15) is 55.5 Å².